The summed E-state index contributed by atoms with van der Waals surface area (Å²) < 4.78 is 0. The highest BCUT2D eigenvalue weighted by Gasteiger charge is 2.45. The summed E-state index contributed by atoms with van der Waals surface area (Å²) in [5, 5.41) is 2.90. The second-order valence-corrected chi connectivity index (χ2v) is 6.85. The molecule has 0 spiro atoms. The Morgan fingerprint density at radius 1 is 1.19 bits per heavy atom. The topological polar surface area (TPSA) is 52.7 Å². The molecule has 4 atom stereocenters. The summed E-state index contributed by atoms with van der Waals surface area (Å²) in [5.41, 5.74) is 0. The minimum absolute atomic E-state index is 0.00848. The highest BCUT2D eigenvalue weighted by molar-refractivity contribution is 5.95. The van der Waals surface area contributed by atoms with E-state index in [9.17, 15) is 9.59 Å². The molecular formula is C16H27N3O2. The number of rotatable bonds is 3. The average molecular weight is 293 g/mol. The Bertz CT molecular complexity index is 426. The molecule has 2 amide bonds. The van der Waals surface area contributed by atoms with Gasteiger partial charge in [0.25, 0.3) is 0 Å². The molecule has 0 radical (unpaired) electrons. The number of piperazine rings is 1. The van der Waals surface area contributed by atoms with E-state index in [4.69, 9.17) is 0 Å². The van der Waals surface area contributed by atoms with E-state index in [2.05, 4.69) is 17.1 Å². The van der Waals surface area contributed by atoms with Crippen molar-refractivity contribution in [3.05, 3.63) is 0 Å². The molecule has 118 valence electrons. The lowest BCUT2D eigenvalue weighted by Gasteiger charge is -2.42. The van der Waals surface area contributed by atoms with Crippen LogP contribution in [0.25, 0.3) is 0 Å². The van der Waals surface area contributed by atoms with Crippen LogP contribution in [0.3, 0.4) is 0 Å². The molecule has 3 aliphatic heterocycles. The molecule has 0 aromatic heterocycles. The van der Waals surface area contributed by atoms with Crippen LogP contribution in [0, 0.1) is 5.92 Å². The third-order valence-corrected chi connectivity index (χ3v) is 5.61. The van der Waals surface area contributed by atoms with Gasteiger partial charge in [-0.05, 0) is 31.7 Å². The van der Waals surface area contributed by atoms with Crippen molar-refractivity contribution >= 4 is 11.8 Å². The first-order valence-electron chi connectivity index (χ1n) is 8.45. The molecule has 3 heterocycles. The average Bonchev–Trinajstić information content (AvgIpc) is 2.92. The maximum Gasteiger partial charge on any atom is 0.246 e. The van der Waals surface area contributed by atoms with Crippen molar-refractivity contribution in [1.82, 2.24) is 15.1 Å². The van der Waals surface area contributed by atoms with E-state index in [0.29, 0.717) is 6.04 Å². The Kier molecular flexibility index (Phi) is 4.20. The monoisotopic (exact) mass is 293 g/mol. The predicted molar refractivity (Wildman–Crippen MR) is 80.7 cm³/mol. The Morgan fingerprint density at radius 2 is 2.00 bits per heavy atom. The molecule has 1 N–H and O–H groups in total. The minimum Gasteiger partial charge on any atom is -0.342 e. The van der Waals surface area contributed by atoms with E-state index < -0.39 is 0 Å². The second kappa shape index (κ2) is 5.95. The van der Waals surface area contributed by atoms with E-state index in [1.165, 1.54) is 19.3 Å². The lowest BCUT2D eigenvalue weighted by Crippen LogP contribution is -2.64. The molecular weight excluding hydrogens is 266 g/mol. The van der Waals surface area contributed by atoms with E-state index >= 15 is 0 Å². The minimum atomic E-state index is -0.325. The van der Waals surface area contributed by atoms with Gasteiger partial charge in [0.1, 0.15) is 6.04 Å². The lowest BCUT2D eigenvalue weighted by molar-refractivity contribution is -0.148. The molecule has 3 rings (SSSR count). The summed E-state index contributed by atoms with van der Waals surface area (Å²) in [6.07, 6.45) is 5.62. The quantitative estimate of drug-likeness (QED) is 0.844. The summed E-state index contributed by atoms with van der Waals surface area (Å²) in [4.78, 5) is 29.3. The number of carbonyl (C=O) groups is 2. The Hall–Kier alpha value is -1.10. The van der Waals surface area contributed by atoms with Crippen LogP contribution < -0.4 is 5.32 Å². The predicted octanol–water partition coefficient (Wildman–Crippen LogP) is 0.986. The van der Waals surface area contributed by atoms with Gasteiger partial charge in [-0.1, -0.05) is 26.7 Å². The maximum atomic E-state index is 12.8. The smallest absolute Gasteiger partial charge is 0.246 e. The highest BCUT2D eigenvalue weighted by atomic mass is 16.2. The van der Waals surface area contributed by atoms with Crippen molar-refractivity contribution in [2.24, 2.45) is 5.92 Å². The Labute approximate surface area is 127 Å². The summed E-state index contributed by atoms with van der Waals surface area (Å²) in [5.74, 6) is 0.351. The van der Waals surface area contributed by atoms with E-state index in [0.717, 1.165) is 25.9 Å². The number of nitrogens with zero attached hydrogens (tertiary/aromatic N) is 2. The molecule has 21 heavy (non-hydrogen) atoms. The summed E-state index contributed by atoms with van der Waals surface area (Å²) in [7, 11) is 0. The fourth-order valence-electron chi connectivity index (χ4n) is 4.18. The Morgan fingerprint density at radius 3 is 2.76 bits per heavy atom. The largest absolute Gasteiger partial charge is 0.342 e. The molecule has 4 unspecified atom stereocenters. The molecule has 3 aliphatic rings. The number of amides is 2. The highest BCUT2D eigenvalue weighted by Crippen LogP contribution is 2.32. The van der Waals surface area contributed by atoms with Crippen LogP contribution in [0.15, 0.2) is 0 Å². The normalized spacial score (nSPS) is 35.5. The number of hydrogen-bond acceptors (Lipinski definition) is 3. The number of hydrogen-bond donors (Lipinski definition) is 1. The zero-order valence-corrected chi connectivity index (χ0v) is 13.2. The number of carbonyl (C=O) groups excluding carboxylic acids is 2. The molecule has 5 nitrogen and oxygen atoms in total. The van der Waals surface area contributed by atoms with Gasteiger partial charge in [0, 0.05) is 18.6 Å². The summed E-state index contributed by atoms with van der Waals surface area (Å²) >= 11 is 0. The standard InChI is InChI=1S/C16H27N3O2/c1-3-11(2)15-16(21)19(10-14(20)17-15)13-7-9-18-8-5-4-6-12(13)18/h11-13,15H,3-10H2,1-2H3,(H,17,20). The van der Waals surface area contributed by atoms with Crippen LogP contribution in [-0.4, -0.2) is 59.4 Å². The van der Waals surface area contributed by atoms with Crippen molar-refractivity contribution in [2.45, 2.75) is 64.1 Å². The van der Waals surface area contributed by atoms with Gasteiger partial charge in [-0.25, -0.2) is 0 Å². The Balaban J connectivity index is 1.77. The fourth-order valence-corrected chi connectivity index (χ4v) is 4.18. The van der Waals surface area contributed by atoms with E-state index in [-0.39, 0.29) is 36.4 Å². The third kappa shape index (κ3) is 2.68. The number of piperidine rings is 1. The van der Waals surface area contributed by atoms with Gasteiger partial charge in [0.2, 0.25) is 11.8 Å². The summed E-state index contributed by atoms with van der Waals surface area (Å²) in [6, 6.07) is 0.399. The molecule has 3 fully saturated rings. The van der Waals surface area contributed by atoms with Crippen LogP contribution >= 0.6 is 0 Å². The first-order valence-corrected chi connectivity index (χ1v) is 8.45. The van der Waals surface area contributed by atoms with E-state index in [1.54, 1.807) is 0 Å². The zero-order valence-electron chi connectivity index (χ0n) is 13.2. The molecule has 0 saturated carbocycles. The zero-order chi connectivity index (χ0) is 15.0. The van der Waals surface area contributed by atoms with Crippen molar-refractivity contribution < 1.29 is 9.59 Å². The van der Waals surface area contributed by atoms with Crippen molar-refractivity contribution in [2.75, 3.05) is 19.6 Å². The fraction of sp³-hybridized carbons (Fsp3) is 0.875. The van der Waals surface area contributed by atoms with Gasteiger partial charge in [-0.15, -0.1) is 0 Å². The maximum absolute atomic E-state index is 12.8. The van der Waals surface area contributed by atoms with Crippen LogP contribution in [-0.2, 0) is 9.59 Å². The van der Waals surface area contributed by atoms with Gasteiger partial charge < -0.3 is 10.2 Å². The van der Waals surface area contributed by atoms with Gasteiger partial charge in [-0.2, -0.15) is 0 Å². The van der Waals surface area contributed by atoms with Crippen LogP contribution in [0.1, 0.15) is 46.0 Å². The molecule has 0 aromatic carbocycles. The second-order valence-electron chi connectivity index (χ2n) is 6.85. The SMILES string of the molecule is CCC(C)C1NC(=O)CN(C2CCN3CCCCC23)C1=O. The number of nitrogens with one attached hydrogen (secondary N) is 1. The lowest BCUT2D eigenvalue weighted by atomic mass is 9.92. The third-order valence-electron chi connectivity index (χ3n) is 5.61. The van der Waals surface area contributed by atoms with Crippen molar-refractivity contribution in [1.29, 1.82) is 0 Å². The van der Waals surface area contributed by atoms with Gasteiger partial charge in [-0.3, -0.25) is 14.5 Å². The van der Waals surface area contributed by atoms with Gasteiger partial charge >= 0.3 is 0 Å². The first kappa shape index (κ1) is 14.8. The van der Waals surface area contributed by atoms with Crippen molar-refractivity contribution in [3.8, 4) is 0 Å². The van der Waals surface area contributed by atoms with Crippen molar-refractivity contribution in [3.63, 3.8) is 0 Å². The first-order chi connectivity index (χ1) is 10.1. The van der Waals surface area contributed by atoms with Crippen LogP contribution in [0.4, 0.5) is 0 Å². The molecule has 5 heteroatoms. The number of fused-ring (bicyclic) bond motifs is 1. The molecule has 0 aromatic rings. The van der Waals surface area contributed by atoms with Gasteiger partial charge in [0.05, 0.1) is 6.54 Å². The van der Waals surface area contributed by atoms with Crippen LogP contribution in [0.2, 0.25) is 0 Å². The molecule has 0 bridgehead atoms. The molecule has 0 aliphatic carbocycles. The molecule has 3 saturated heterocycles. The van der Waals surface area contributed by atoms with Crippen LogP contribution in [0.5, 0.6) is 0 Å². The summed E-state index contributed by atoms with van der Waals surface area (Å²) in [6.45, 7) is 6.61. The van der Waals surface area contributed by atoms with E-state index in [1.807, 2.05) is 11.8 Å². The van der Waals surface area contributed by atoms with Gasteiger partial charge in [0.15, 0.2) is 0 Å².